The second-order valence-corrected chi connectivity index (χ2v) is 6.42. The van der Waals surface area contributed by atoms with E-state index in [0.717, 1.165) is 17.0 Å². The second-order valence-electron chi connectivity index (χ2n) is 5.99. The summed E-state index contributed by atoms with van der Waals surface area (Å²) in [4.78, 5) is 0. The Hall–Kier alpha value is -0.530. The Kier molecular flexibility index (Phi) is 5.03. The lowest BCUT2D eigenvalue weighted by Gasteiger charge is -2.29. The molecule has 0 fully saturated rings. The summed E-state index contributed by atoms with van der Waals surface area (Å²) in [5.41, 5.74) is 1.39. The predicted octanol–water partition coefficient (Wildman–Crippen LogP) is 4.32. The van der Waals surface area contributed by atoms with E-state index < -0.39 is 0 Å². The van der Waals surface area contributed by atoms with Crippen molar-refractivity contribution in [2.24, 2.45) is 11.3 Å². The van der Waals surface area contributed by atoms with Crippen molar-refractivity contribution < 1.29 is 5.11 Å². The maximum atomic E-state index is 10.1. The molecule has 0 spiro atoms. The van der Waals surface area contributed by atoms with Crippen LogP contribution in [0.1, 0.15) is 39.7 Å². The Bertz CT molecular complexity index is 337. The zero-order chi connectivity index (χ0) is 13.1. The van der Waals surface area contributed by atoms with E-state index in [0.29, 0.717) is 12.3 Å². The molecule has 0 aromatic heterocycles. The molecule has 1 aromatic carbocycles. The molecule has 0 aliphatic carbocycles. The molecule has 96 valence electrons. The minimum absolute atomic E-state index is 0.251. The Labute approximate surface area is 110 Å². The van der Waals surface area contributed by atoms with Crippen molar-refractivity contribution in [1.82, 2.24) is 0 Å². The lowest BCUT2D eigenvalue weighted by Crippen LogP contribution is -2.24. The van der Waals surface area contributed by atoms with E-state index in [1.165, 1.54) is 0 Å². The SMILES string of the molecule is CC(CC(O)Cc1ccc(Cl)cc1)C(C)(C)C. The van der Waals surface area contributed by atoms with Crippen LogP contribution in [-0.2, 0) is 6.42 Å². The number of aliphatic hydroxyl groups excluding tert-OH is 1. The van der Waals surface area contributed by atoms with Crippen molar-refractivity contribution in [1.29, 1.82) is 0 Å². The third-order valence-corrected chi connectivity index (χ3v) is 3.74. The molecule has 0 saturated carbocycles. The molecule has 0 aliphatic rings. The highest BCUT2D eigenvalue weighted by molar-refractivity contribution is 6.30. The highest BCUT2D eigenvalue weighted by atomic mass is 35.5. The Balaban J connectivity index is 2.50. The van der Waals surface area contributed by atoms with Crippen molar-refractivity contribution in [3.8, 4) is 0 Å². The number of aliphatic hydroxyl groups is 1. The van der Waals surface area contributed by atoms with Crippen LogP contribution >= 0.6 is 11.6 Å². The van der Waals surface area contributed by atoms with Crippen LogP contribution in [-0.4, -0.2) is 11.2 Å². The van der Waals surface area contributed by atoms with Crippen LogP contribution in [0.2, 0.25) is 5.02 Å². The number of rotatable bonds is 4. The Morgan fingerprint density at radius 3 is 2.18 bits per heavy atom. The summed E-state index contributed by atoms with van der Waals surface area (Å²) in [6.07, 6.45) is 1.27. The summed E-state index contributed by atoms with van der Waals surface area (Å²) in [6, 6.07) is 7.70. The van der Waals surface area contributed by atoms with Gasteiger partial charge in [-0.25, -0.2) is 0 Å². The molecular formula is C15H23ClO. The molecule has 0 heterocycles. The first kappa shape index (κ1) is 14.5. The summed E-state index contributed by atoms with van der Waals surface area (Å²) < 4.78 is 0. The summed E-state index contributed by atoms with van der Waals surface area (Å²) in [6.45, 7) is 8.84. The standard InChI is InChI=1S/C15H23ClO/c1-11(15(2,3)4)9-14(17)10-12-5-7-13(16)8-6-12/h5-8,11,14,17H,9-10H2,1-4H3. The van der Waals surface area contributed by atoms with Gasteiger partial charge in [0.05, 0.1) is 6.10 Å². The minimum Gasteiger partial charge on any atom is -0.393 e. The predicted molar refractivity (Wildman–Crippen MR) is 74.4 cm³/mol. The third-order valence-electron chi connectivity index (χ3n) is 3.49. The highest BCUT2D eigenvalue weighted by Crippen LogP contribution is 2.29. The average Bonchev–Trinajstić information content (AvgIpc) is 2.20. The van der Waals surface area contributed by atoms with Crippen molar-refractivity contribution in [2.45, 2.75) is 46.6 Å². The molecule has 0 amide bonds. The molecule has 1 N–H and O–H groups in total. The lowest BCUT2D eigenvalue weighted by molar-refractivity contribution is 0.110. The van der Waals surface area contributed by atoms with E-state index in [1.54, 1.807) is 0 Å². The number of benzene rings is 1. The van der Waals surface area contributed by atoms with E-state index in [9.17, 15) is 5.11 Å². The molecule has 2 unspecified atom stereocenters. The van der Waals surface area contributed by atoms with Gasteiger partial charge in [-0.05, 0) is 41.9 Å². The second kappa shape index (κ2) is 5.88. The first-order chi connectivity index (χ1) is 7.79. The first-order valence-corrected chi connectivity index (χ1v) is 6.59. The van der Waals surface area contributed by atoms with Crippen LogP contribution < -0.4 is 0 Å². The van der Waals surface area contributed by atoms with Crippen LogP contribution in [0.4, 0.5) is 0 Å². The van der Waals surface area contributed by atoms with E-state index >= 15 is 0 Å². The van der Waals surface area contributed by atoms with Crippen molar-refractivity contribution in [3.05, 3.63) is 34.9 Å². The Morgan fingerprint density at radius 1 is 1.18 bits per heavy atom. The van der Waals surface area contributed by atoms with Gasteiger partial charge < -0.3 is 5.11 Å². The average molecular weight is 255 g/mol. The van der Waals surface area contributed by atoms with Crippen LogP contribution in [0, 0.1) is 11.3 Å². The molecule has 1 aromatic rings. The molecule has 2 heteroatoms. The van der Waals surface area contributed by atoms with E-state index in [1.807, 2.05) is 24.3 Å². The topological polar surface area (TPSA) is 20.2 Å². The van der Waals surface area contributed by atoms with E-state index in [4.69, 9.17) is 11.6 Å². The van der Waals surface area contributed by atoms with Gasteiger partial charge in [-0.2, -0.15) is 0 Å². The van der Waals surface area contributed by atoms with E-state index in [-0.39, 0.29) is 11.5 Å². The third kappa shape index (κ3) is 5.10. The molecule has 2 atom stereocenters. The quantitative estimate of drug-likeness (QED) is 0.849. The van der Waals surface area contributed by atoms with Crippen LogP contribution in [0.25, 0.3) is 0 Å². The number of hydrogen-bond acceptors (Lipinski definition) is 1. The van der Waals surface area contributed by atoms with Gasteiger partial charge in [0.1, 0.15) is 0 Å². The first-order valence-electron chi connectivity index (χ1n) is 6.21. The molecule has 0 saturated heterocycles. The molecule has 17 heavy (non-hydrogen) atoms. The normalized spacial score (nSPS) is 15.6. The van der Waals surface area contributed by atoms with Gasteiger partial charge in [0.15, 0.2) is 0 Å². The summed E-state index contributed by atoms with van der Waals surface area (Å²) >= 11 is 5.83. The zero-order valence-electron chi connectivity index (χ0n) is 11.2. The van der Waals surface area contributed by atoms with Crippen LogP contribution in [0.5, 0.6) is 0 Å². The number of hydrogen-bond donors (Lipinski definition) is 1. The molecule has 1 nitrogen and oxygen atoms in total. The van der Waals surface area contributed by atoms with Gasteiger partial charge in [-0.1, -0.05) is 51.4 Å². The summed E-state index contributed by atoms with van der Waals surface area (Å²) in [7, 11) is 0. The van der Waals surface area contributed by atoms with Gasteiger partial charge in [-0.15, -0.1) is 0 Å². The fourth-order valence-electron chi connectivity index (χ4n) is 1.74. The molecule has 0 radical (unpaired) electrons. The van der Waals surface area contributed by atoms with Crippen molar-refractivity contribution in [2.75, 3.05) is 0 Å². The van der Waals surface area contributed by atoms with Crippen LogP contribution in [0.15, 0.2) is 24.3 Å². The fraction of sp³-hybridized carbons (Fsp3) is 0.600. The number of halogens is 1. The van der Waals surface area contributed by atoms with Crippen molar-refractivity contribution >= 4 is 11.6 Å². The summed E-state index contributed by atoms with van der Waals surface area (Å²) in [5.74, 6) is 0.504. The lowest BCUT2D eigenvalue weighted by atomic mass is 9.78. The minimum atomic E-state index is -0.273. The van der Waals surface area contributed by atoms with Gasteiger partial charge in [0.25, 0.3) is 0 Å². The smallest absolute Gasteiger partial charge is 0.0583 e. The van der Waals surface area contributed by atoms with Gasteiger partial charge in [0, 0.05) is 5.02 Å². The van der Waals surface area contributed by atoms with Crippen molar-refractivity contribution in [3.63, 3.8) is 0 Å². The Morgan fingerprint density at radius 2 is 1.71 bits per heavy atom. The fourth-order valence-corrected chi connectivity index (χ4v) is 1.86. The highest BCUT2D eigenvalue weighted by Gasteiger charge is 2.22. The van der Waals surface area contributed by atoms with Gasteiger partial charge in [-0.3, -0.25) is 0 Å². The zero-order valence-corrected chi connectivity index (χ0v) is 12.0. The van der Waals surface area contributed by atoms with Crippen LogP contribution in [0.3, 0.4) is 0 Å². The monoisotopic (exact) mass is 254 g/mol. The molecular weight excluding hydrogens is 232 g/mol. The van der Waals surface area contributed by atoms with Gasteiger partial charge in [0.2, 0.25) is 0 Å². The molecule has 0 aliphatic heterocycles. The maximum Gasteiger partial charge on any atom is 0.0583 e. The van der Waals surface area contributed by atoms with E-state index in [2.05, 4.69) is 27.7 Å². The maximum absolute atomic E-state index is 10.1. The molecule has 1 rings (SSSR count). The van der Waals surface area contributed by atoms with Gasteiger partial charge >= 0.3 is 0 Å². The summed E-state index contributed by atoms with van der Waals surface area (Å²) in [5, 5.41) is 10.8. The molecule has 0 bridgehead atoms. The largest absolute Gasteiger partial charge is 0.393 e.